The molecule has 2 heterocycles. The van der Waals surface area contributed by atoms with Gasteiger partial charge in [0.25, 0.3) is 0 Å². The maximum atomic E-state index is 4.66. The minimum Gasteiger partial charge on any atom is -0.343 e. The molecule has 3 aromatic rings. The van der Waals surface area contributed by atoms with E-state index in [2.05, 4.69) is 37.1 Å². The number of nitrogens with zero attached hydrogens (tertiary/aromatic N) is 3. The quantitative estimate of drug-likeness (QED) is 0.754. The molecule has 3 rings (SSSR count). The summed E-state index contributed by atoms with van der Waals surface area (Å²) in [4.78, 5) is 8.35. The molecule has 0 saturated carbocycles. The second kappa shape index (κ2) is 4.93. The van der Waals surface area contributed by atoms with Gasteiger partial charge in [-0.2, -0.15) is 4.98 Å². The van der Waals surface area contributed by atoms with Crippen molar-refractivity contribution < 1.29 is 4.52 Å². The third kappa shape index (κ3) is 2.36. The number of nitrogens with one attached hydrogen (secondary N) is 1. The predicted molar refractivity (Wildman–Crippen MR) is 66.6 cm³/mol. The van der Waals surface area contributed by atoms with Crippen LogP contribution in [0.4, 0.5) is 0 Å². The molecule has 2 aromatic heterocycles. The van der Waals surface area contributed by atoms with Crippen molar-refractivity contribution in [2.45, 2.75) is 13.1 Å². The third-order valence-corrected chi connectivity index (χ3v) is 2.67. The van der Waals surface area contributed by atoms with E-state index in [4.69, 9.17) is 0 Å². The first-order chi connectivity index (χ1) is 8.92. The summed E-state index contributed by atoms with van der Waals surface area (Å²) in [5.74, 6) is 0.656. The highest BCUT2D eigenvalue weighted by Gasteiger charge is 1.99. The lowest BCUT2D eigenvalue weighted by molar-refractivity contribution is 0.407. The first-order valence-corrected chi connectivity index (χ1v) is 5.71. The van der Waals surface area contributed by atoms with Gasteiger partial charge in [0.2, 0.25) is 6.39 Å². The molecule has 0 aliphatic carbocycles. The fourth-order valence-corrected chi connectivity index (χ4v) is 1.80. The molecular formula is C13H12N4O. The number of para-hydroxylation sites is 1. The Morgan fingerprint density at radius 2 is 2.06 bits per heavy atom. The van der Waals surface area contributed by atoms with Gasteiger partial charge in [0.15, 0.2) is 5.82 Å². The summed E-state index contributed by atoms with van der Waals surface area (Å²) in [5.41, 5.74) is 2.15. The van der Waals surface area contributed by atoms with Gasteiger partial charge in [0.1, 0.15) is 0 Å². The number of rotatable bonds is 4. The summed E-state index contributed by atoms with van der Waals surface area (Å²) in [7, 11) is 0. The molecule has 0 spiro atoms. The second-order valence-corrected chi connectivity index (χ2v) is 3.99. The fourth-order valence-electron chi connectivity index (χ4n) is 1.80. The van der Waals surface area contributed by atoms with Crippen molar-refractivity contribution >= 4 is 10.9 Å². The lowest BCUT2D eigenvalue weighted by Crippen LogP contribution is -2.13. The Labute approximate surface area is 104 Å². The van der Waals surface area contributed by atoms with Gasteiger partial charge in [-0.1, -0.05) is 23.4 Å². The Bertz CT molecular complexity index is 636. The number of pyridine rings is 1. The summed E-state index contributed by atoms with van der Waals surface area (Å²) in [6.45, 7) is 1.32. The van der Waals surface area contributed by atoms with Gasteiger partial charge in [-0.05, 0) is 17.7 Å². The minimum absolute atomic E-state index is 0.587. The molecule has 5 heteroatoms. The van der Waals surface area contributed by atoms with Gasteiger partial charge in [-0.15, -0.1) is 0 Å². The zero-order chi connectivity index (χ0) is 12.2. The number of aromatic nitrogens is 3. The van der Waals surface area contributed by atoms with Crippen molar-refractivity contribution in [1.82, 2.24) is 20.4 Å². The molecule has 5 nitrogen and oxygen atoms in total. The zero-order valence-corrected chi connectivity index (χ0v) is 9.71. The van der Waals surface area contributed by atoms with Gasteiger partial charge < -0.3 is 9.84 Å². The molecule has 90 valence electrons. The molecule has 0 aliphatic rings. The van der Waals surface area contributed by atoms with Gasteiger partial charge in [-0.25, -0.2) is 0 Å². The van der Waals surface area contributed by atoms with Crippen LogP contribution in [-0.4, -0.2) is 15.1 Å². The van der Waals surface area contributed by atoms with Crippen LogP contribution in [0.1, 0.15) is 11.4 Å². The van der Waals surface area contributed by atoms with E-state index in [1.807, 2.05) is 24.4 Å². The molecule has 0 saturated heterocycles. The SMILES string of the molecule is c1ccc2ncc(CNCc3ncon3)cc2c1. The smallest absolute Gasteiger partial charge is 0.213 e. The minimum atomic E-state index is 0.587. The topological polar surface area (TPSA) is 63.8 Å². The van der Waals surface area contributed by atoms with E-state index < -0.39 is 0 Å². The molecule has 0 fully saturated rings. The van der Waals surface area contributed by atoms with Gasteiger partial charge >= 0.3 is 0 Å². The van der Waals surface area contributed by atoms with Crippen molar-refractivity contribution in [3.05, 3.63) is 54.3 Å². The number of benzene rings is 1. The van der Waals surface area contributed by atoms with Gasteiger partial charge in [0.05, 0.1) is 12.1 Å². The van der Waals surface area contributed by atoms with Crippen molar-refractivity contribution in [2.75, 3.05) is 0 Å². The third-order valence-electron chi connectivity index (χ3n) is 2.67. The first-order valence-electron chi connectivity index (χ1n) is 5.71. The standard InChI is InChI=1S/C13H12N4O/c1-2-4-12-11(3-1)5-10(7-15-12)6-14-8-13-16-9-18-17-13/h1-5,7,9,14H,6,8H2. The largest absolute Gasteiger partial charge is 0.343 e. The van der Waals surface area contributed by atoms with Crippen molar-refractivity contribution in [2.24, 2.45) is 0 Å². The Balaban J connectivity index is 1.67. The fraction of sp³-hybridized carbons (Fsp3) is 0.154. The first kappa shape index (κ1) is 10.9. The van der Waals surface area contributed by atoms with Crippen LogP contribution in [0.2, 0.25) is 0 Å². The summed E-state index contributed by atoms with van der Waals surface area (Å²) in [6.07, 6.45) is 3.21. The van der Waals surface area contributed by atoms with Crippen LogP contribution in [0.3, 0.4) is 0 Å². The van der Waals surface area contributed by atoms with Gasteiger partial charge in [-0.3, -0.25) is 4.98 Å². The molecule has 0 amide bonds. The zero-order valence-electron chi connectivity index (χ0n) is 9.71. The van der Waals surface area contributed by atoms with E-state index in [-0.39, 0.29) is 0 Å². The van der Waals surface area contributed by atoms with E-state index in [9.17, 15) is 0 Å². The molecular weight excluding hydrogens is 228 g/mol. The molecule has 1 N–H and O–H groups in total. The highest BCUT2D eigenvalue weighted by molar-refractivity contribution is 5.78. The second-order valence-electron chi connectivity index (χ2n) is 3.99. The summed E-state index contributed by atoms with van der Waals surface area (Å²) < 4.78 is 4.66. The number of hydrogen-bond donors (Lipinski definition) is 1. The van der Waals surface area contributed by atoms with Gasteiger partial charge in [0, 0.05) is 18.1 Å². The summed E-state index contributed by atoms with van der Waals surface area (Å²) >= 11 is 0. The average molecular weight is 240 g/mol. The van der Waals surface area contributed by atoms with Crippen LogP contribution in [-0.2, 0) is 13.1 Å². The van der Waals surface area contributed by atoms with E-state index in [0.717, 1.165) is 23.0 Å². The Hall–Kier alpha value is -2.27. The van der Waals surface area contributed by atoms with E-state index in [0.29, 0.717) is 12.4 Å². The Kier molecular flexibility index (Phi) is 2.97. The number of hydrogen-bond acceptors (Lipinski definition) is 5. The molecule has 0 atom stereocenters. The van der Waals surface area contributed by atoms with Crippen LogP contribution < -0.4 is 5.32 Å². The Morgan fingerprint density at radius 1 is 1.11 bits per heavy atom. The molecule has 0 aliphatic heterocycles. The predicted octanol–water partition coefficient (Wildman–Crippen LogP) is 1.91. The van der Waals surface area contributed by atoms with E-state index >= 15 is 0 Å². The van der Waals surface area contributed by atoms with Crippen molar-refractivity contribution in [3.63, 3.8) is 0 Å². The monoisotopic (exact) mass is 240 g/mol. The van der Waals surface area contributed by atoms with Crippen LogP contribution in [0.25, 0.3) is 10.9 Å². The van der Waals surface area contributed by atoms with E-state index in [1.165, 1.54) is 6.39 Å². The maximum Gasteiger partial charge on any atom is 0.213 e. The molecule has 0 radical (unpaired) electrons. The van der Waals surface area contributed by atoms with Crippen LogP contribution >= 0.6 is 0 Å². The highest BCUT2D eigenvalue weighted by Crippen LogP contribution is 2.12. The van der Waals surface area contributed by atoms with Crippen molar-refractivity contribution in [3.8, 4) is 0 Å². The maximum absolute atomic E-state index is 4.66. The summed E-state index contributed by atoms with van der Waals surface area (Å²) in [6, 6.07) is 10.2. The summed E-state index contributed by atoms with van der Waals surface area (Å²) in [5, 5.41) is 8.13. The Morgan fingerprint density at radius 3 is 2.94 bits per heavy atom. The lowest BCUT2D eigenvalue weighted by Gasteiger charge is -2.03. The van der Waals surface area contributed by atoms with Crippen LogP contribution in [0, 0.1) is 0 Å². The normalized spacial score (nSPS) is 10.9. The molecule has 0 unspecified atom stereocenters. The lowest BCUT2D eigenvalue weighted by atomic mass is 10.1. The number of fused-ring (bicyclic) bond motifs is 1. The van der Waals surface area contributed by atoms with E-state index in [1.54, 1.807) is 0 Å². The average Bonchev–Trinajstić information content (AvgIpc) is 2.92. The van der Waals surface area contributed by atoms with Crippen LogP contribution in [0.15, 0.2) is 47.4 Å². The molecule has 18 heavy (non-hydrogen) atoms. The molecule has 1 aromatic carbocycles. The van der Waals surface area contributed by atoms with Crippen molar-refractivity contribution in [1.29, 1.82) is 0 Å². The highest BCUT2D eigenvalue weighted by atomic mass is 16.5. The molecule has 0 bridgehead atoms. The van der Waals surface area contributed by atoms with Crippen LogP contribution in [0.5, 0.6) is 0 Å².